The van der Waals surface area contributed by atoms with Crippen molar-refractivity contribution >= 4 is 0 Å². The van der Waals surface area contributed by atoms with E-state index in [1.165, 1.54) is 38.2 Å². The quantitative estimate of drug-likeness (QED) is 0.310. The van der Waals surface area contributed by atoms with Crippen molar-refractivity contribution in [3.63, 3.8) is 0 Å². The van der Waals surface area contributed by atoms with Gasteiger partial charge in [-0.15, -0.1) is 0 Å². The van der Waals surface area contributed by atoms with Gasteiger partial charge < -0.3 is 0 Å². The normalized spacial score (nSPS) is 24.7. The minimum atomic E-state index is -0.344. The number of hydrogen-bond acceptors (Lipinski definition) is 0. The van der Waals surface area contributed by atoms with Gasteiger partial charge in [-0.25, -0.2) is 8.78 Å². The lowest BCUT2D eigenvalue weighted by atomic mass is 9.64. The molecule has 2 aromatic carbocycles. The van der Waals surface area contributed by atoms with Crippen LogP contribution in [-0.4, -0.2) is 0 Å². The van der Waals surface area contributed by atoms with E-state index in [9.17, 15) is 8.78 Å². The lowest BCUT2D eigenvalue weighted by Gasteiger charge is -2.41. The molecule has 4 unspecified atom stereocenters. The molecule has 0 bridgehead atoms. The van der Waals surface area contributed by atoms with Crippen molar-refractivity contribution in [2.75, 3.05) is 0 Å². The minimum Gasteiger partial charge on any atom is -0.206 e. The molecule has 2 heteroatoms. The Kier molecular flexibility index (Phi) is 8.39. The van der Waals surface area contributed by atoms with E-state index in [-0.39, 0.29) is 11.6 Å². The molecular formula is C32H36F2. The van der Waals surface area contributed by atoms with Crippen LogP contribution in [0.3, 0.4) is 0 Å². The summed E-state index contributed by atoms with van der Waals surface area (Å²) in [5, 5.41) is 0. The highest BCUT2D eigenvalue weighted by Gasteiger charge is 2.35. The number of fused-ring (bicyclic) bond motifs is 1. The van der Waals surface area contributed by atoms with Gasteiger partial charge in [0, 0.05) is 0 Å². The summed E-state index contributed by atoms with van der Waals surface area (Å²) in [6.07, 6.45) is 17.8. The first kappa shape index (κ1) is 24.5. The first-order valence-corrected chi connectivity index (χ1v) is 12.9. The Bertz CT molecular complexity index is 1100. The van der Waals surface area contributed by atoms with E-state index in [2.05, 4.69) is 37.0 Å². The van der Waals surface area contributed by atoms with Gasteiger partial charge in [0.2, 0.25) is 0 Å². The highest BCUT2D eigenvalue weighted by atomic mass is 19.1. The Hall–Kier alpha value is -2.66. The van der Waals surface area contributed by atoms with Crippen molar-refractivity contribution in [2.24, 2.45) is 17.8 Å². The van der Waals surface area contributed by atoms with Crippen LogP contribution in [0.5, 0.6) is 0 Å². The Balaban J connectivity index is 1.40. The van der Waals surface area contributed by atoms with Gasteiger partial charge >= 0.3 is 0 Å². The Morgan fingerprint density at radius 3 is 2.24 bits per heavy atom. The Labute approximate surface area is 204 Å². The Morgan fingerprint density at radius 2 is 1.53 bits per heavy atom. The largest absolute Gasteiger partial charge is 0.206 e. The molecule has 34 heavy (non-hydrogen) atoms. The molecule has 2 aliphatic rings. The van der Waals surface area contributed by atoms with Gasteiger partial charge in [0.05, 0.1) is 11.1 Å². The van der Waals surface area contributed by atoms with E-state index in [1.54, 1.807) is 18.2 Å². The lowest BCUT2D eigenvalue weighted by Crippen LogP contribution is -2.30. The number of allylic oxidation sites excluding steroid dienone is 4. The first-order valence-electron chi connectivity index (χ1n) is 12.9. The molecule has 0 amide bonds. The van der Waals surface area contributed by atoms with Crippen LogP contribution < -0.4 is 0 Å². The van der Waals surface area contributed by atoms with E-state index < -0.39 is 0 Å². The summed E-state index contributed by atoms with van der Waals surface area (Å²) < 4.78 is 29.4. The molecular weight excluding hydrogens is 422 g/mol. The molecule has 178 valence electrons. The number of halogens is 2. The first-order chi connectivity index (χ1) is 16.6. The molecule has 2 aliphatic carbocycles. The standard InChI is InChI=1S/C32H36F2/c1-3-5-6-8-24-9-11-25(31(33)20-24)13-14-26-15-16-30(22-32(26)34)29-18-17-27-19-23(7-4-2)10-12-28(27)21-29/h3-5,7,9,11,15-16,20,22-23,27-29H,6,8,10,12,17-19,21H2,1-2H3/b5-3+,7-4+. The molecule has 0 aromatic heterocycles. The smallest absolute Gasteiger partial charge is 0.139 e. The molecule has 4 atom stereocenters. The van der Waals surface area contributed by atoms with Gasteiger partial charge in [-0.3, -0.25) is 0 Å². The van der Waals surface area contributed by atoms with Crippen molar-refractivity contribution in [1.29, 1.82) is 0 Å². The van der Waals surface area contributed by atoms with Crippen molar-refractivity contribution in [1.82, 2.24) is 0 Å². The Morgan fingerprint density at radius 1 is 0.824 bits per heavy atom. The summed E-state index contributed by atoms with van der Waals surface area (Å²) in [5.74, 6) is 7.82. The van der Waals surface area contributed by atoms with Gasteiger partial charge in [-0.05, 0) is 124 Å². The molecule has 2 saturated carbocycles. The zero-order valence-electron chi connectivity index (χ0n) is 20.5. The molecule has 0 aliphatic heterocycles. The molecule has 2 fully saturated rings. The predicted octanol–water partition coefficient (Wildman–Crippen LogP) is 8.75. The van der Waals surface area contributed by atoms with E-state index >= 15 is 0 Å². The van der Waals surface area contributed by atoms with Gasteiger partial charge in [-0.2, -0.15) is 0 Å². The third-order valence-electron chi connectivity index (χ3n) is 7.78. The number of hydrogen-bond donors (Lipinski definition) is 0. The third kappa shape index (κ3) is 6.06. The van der Waals surface area contributed by atoms with Crippen molar-refractivity contribution < 1.29 is 8.78 Å². The summed E-state index contributed by atoms with van der Waals surface area (Å²) in [4.78, 5) is 0. The summed E-state index contributed by atoms with van der Waals surface area (Å²) in [6.45, 7) is 4.10. The van der Waals surface area contributed by atoms with Gasteiger partial charge in [-0.1, -0.05) is 48.3 Å². The van der Waals surface area contributed by atoms with Crippen LogP contribution >= 0.6 is 0 Å². The van der Waals surface area contributed by atoms with E-state index in [4.69, 9.17) is 0 Å². The molecule has 0 spiro atoms. The summed E-state index contributed by atoms with van der Waals surface area (Å²) in [7, 11) is 0. The molecule has 0 radical (unpaired) electrons. The second-order valence-corrected chi connectivity index (χ2v) is 10.0. The van der Waals surface area contributed by atoms with Gasteiger partial charge in [0.25, 0.3) is 0 Å². The highest BCUT2D eigenvalue weighted by molar-refractivity contribution is 5.46. The lowest BCUT2D eigenvalue weighted by molar-refractivity contribution is 0.133. The van der Waals surface area contributed by atoms with Crippen LogP contribution in [0.1, 0.15) is 87.0 Å². The minimum absolute atomic E-state index is 0.299. The number of benzene rings is 2. The third-order valence-corrected chi connectivity index (χ3v) is 7.78. The molecule has 0 N–H and O–H groups in total. The summed E-state index contributed by atoms with van der Waals surface area (Å²) >= 11 is 0. The summed E-state index contributed by atoms with van der Waals surface area (Å²) in [5.41, 5.74) is 2.68. The number of aryl methyl sites for hydroxylation is 1. The monoisotopic (exact) mass is 458 g/mol. The van der Waals surface area contributed by atoms with E-state index in [1.807, 2.05) is 25.1 Å². The maximum Gasteiger partial charge on any atom is 0.139 e. The summed E-state index contributed by atoms with van der Waals surface area (Å²) in [6, 6.07) is 10.6. The van der Waals surface area contributed by atoms with Crippen LogP contribution in [0.2, 0.25) is 0 Å². The average Bonchev–Trinajstić information content (AvgIpc) is 2.84. The fourth-order valence-corrected chi connectivity index (χ4v) is 5.93. The predicted molar refractivity (Wildman–Crippen MR) is 138 cm³/mol. The highest BCUT2D eigenvalue weighted by Crippen LogP contribution is 2.47. The molecule has 0 heterocycles. The molecule has 0 saturated heterocycles. The van der Waals surface area contributed by atoms with Crippen LogP contribution in [-0.2, 0) is 6.42 Å². The van der Waals surface area contributed by atoms with Crippen molar-refractivity contribution in [2.45, 2.75) is 71.1 Å². The fraction of sp³-hybridized carbons (Fsp3) is 0.438. The van der Waals surface area contributed by atoms with Crippen LogP contribution in [0.15, 0.2) is 60.7 Å². The topological polar surface area (TPSA) is 0 Å². The number of rotatable bonds is 5. The maximum atomic E-state index is 14.9. The average molecular weight is 459 g/mol. The van der Waals surface area contributed by atoms with Gasteiger partial charge in [0.15, 0.2) is 0 Å². The van der Waals surface area contributed by atoms with Gasteiger partial charge in [0.1, 0.15) is 11.6 Å². The zero-order chi connectivity index (χ0) is 23.9. The fourth-order valence-electron chi connectivity index (χ4n) is 5.93. The maximum absolute atomic E-state index is 14.9. The SMILES string of the molecule is C/C=C/CCc1ccc(C#Cc2ccc(C3CCC4CC(/C=C/C)CCC4C3)cc2F)c(F)c1. The van der Waals surface area contributed by atoms with E-state index in [0.29, 0.717) is 17.0 Å². The molecule has 4 rings (SSSR count). The van der Waals surface area contributed by atoms with Crippen molar-refractivity contribution in [3.8, 4) is 11.8 Å². The van der Waals surface area contributed by atoms with E-state index in [0.717, 1.165) is 48.1 Å². The second kappa shape index (κ2) is 11.7. The molecule has 2 aromatic rings. The van der Waals surface area contributed by atoms with Crippen LogP contribution in [0.4, 0.5) is 8.78 Å². The zero-order valence-corrected chi connectivity index (χ0v) is 20.5. The van der Waals surface area contributed by atoms with Crippen LogP contribution in [0, 0.1) is 41.2 Å². The van der Waals surface area contributed by atoms with Crippen LogP contribution in [0.25, 0.3) is 0 Å². The van der Waals surface area contributed by atoms with Crippen molar-refractivity contribution in [3.05, 3.63) is 94.6 Å². The second-order valence-electron chi connectivity index (χ2n) is 10.0. The molecule has 0 nitrogen and oxygen atoms in total.